The van der Waals surface area contributed by atoms with Gasteiger partial charge in [-0.15, -0.1) is 0 Å². The fraction of sp³-hybridized carbons (Fsp3) is 0.357. The van der Waals surface area contributed by atoms with Gasteiger partial charge in [0, 0.05) is 18.3 Å². The Labute approximate surface area is 96.7 Å². The number of rotatable bonds is 3. The lowest BCUT2D eigenvalue weighted by atomic mass is 9.95. The summed E-state index contributed by atoms with van der Waals surface area (Å²) in [5, 5.41) is 0. The molecule has 16 heavy (non-hydrogen) atoms. The molecule has 2 aromatic rings. The number of benzene rings is 1. The van der Waals surface area contributed by atoms with Crippen molar-refractivity contribution in [3.05, 3.63) is 53.1 Å². The fourth-order valence-electron chi connectivity index (χ4n) is 2.10. The Bertz CT molecular complexity index is 456. The average molecular weight is 214 g/mol. The number of imidazole rings is 1. The first kappa shape index (κ1) is 10.9. The number of hydrogen-bond donors (Lipinski definition) is 1. The SMILES string of the molecule is Cc1cc(Cc2cnc[nH]2)ccc1C(C)C. The Morgan fingerprint density at radius 2 is 2.12 bits per heavy atom. The highest BCUT2D eigenvalue weighted by Crippen LogP contribution is 2.20. The summed E-state index contributed by atoms with van der Waals surface area (Å²) in [6, 6.07) is 6.73. The van der Waals surface area contributed by atoms with E-state index in [4.69, 9.17) is 0 Å². The number of aryl methyl sites for hydroxylation is 1. The Kier molecular flexibility index (Phi) is 3.09. The predicted molar refractivity (Wildman–Crippen MR) is 66.7 cm³/mol. The summed E-state index contributed by atoms with van der Waals surface area (Å²) in [6.07, 6.45) is 4.54. The summed E-state index contributed by atoms with van der Waals surface area (Å²) in [5.41, 5.74) is 5.32. The van der Waals surface area contributed by atoms with Crippen molar-refractivity contribution in [3.63, 3.8) is 0 Å². The lowest BCUT2D eigenvalue weighted by molar-refractivity contribution is 0.854. The summed E-state index contributed by atoms with van der Waals surface area (Å²) in [7, 11) is 0. The van der Waals surface area contributed by atoms with Gasteiger partial charge in [0.1, 0.15) is 0 Å². The first-order chi connectivity index (χ1) is 7.66. The van der Waals surface area contributed by atoms with Crippen LogP contribution in [0.3, 0.4) is 0 Å². The zero-order valence-electron chi connectivity index (χ0n) is 10.1. The molecule has 0 bridgehead atoms. The minimum absolute atomic E-state index is 0.598. The highest BCUT2D eigenvalue weighted by molar-refractivity contribution is 5.34. The Balaban J connectivity index is 2.21. The number of aromatic amines is 1. The fourth-order valence-corrected chi connectivity index (χ4v) is 2.10. The van der Waals surface area contributed by atoms with E-state index in [1.165, 1.54) is 16.7 Å². The molecular formula is C14H18N2. The van der Waals surface area contributed by atoms with Crippen LogP contribution < -0.4 is 0 Å². The van der Waals surface area contributed by atoms with Gasteiger partial charge in [0.2, 0.25) is 0 Å². The van der Waals surface area contributed by atoms with Crippen LogP contribution >= 0.6 is 0 Å². The van der Waals surface area contributed by atoms with E-state index in [-0.39, 0.29) is 0 Å². The van der Waals surface area contributed by atoms with Crippen LogP contribution in [0.2, 0.25) is 0 Å². The highest BCUT2D eigenvalue weighted by Gasteiger charge is 2.04. The van der Waals surface area contributed by atoms with Crippen molar-refractivity contribution in [1.29, 1.82) is 0 Å². The topological polar surface area (TPSA) is 28.7 Å². The molecule has 0 spiro atoms. The maximum Gasteiger partial charge on any atom is 0.0921 e. The van der Waals surface area contributed by atoms with Gasteiger partial charge in [-0.1, -0.05) is 32.0 Å². The van der Waals surface area contributed by atoms with Crippen molar-refractivity contribution in [3.8, 4) is 0 Å². The third-order valence-electron chi connectivity index (χ3n) is 2.91. The second-order valence-electron chi connectivity index (χ2n) is 4.60. The lowest BCUT2D eigenvalue weighted by Gasteiger charge is -2.11. The van der Waals surface area contributed by atoms with Gasteiger partial charge in [0.05, 0.1) is 6.33 Å². The second kappa shape index (κ2) is 4.52. The largest absolute Gasteiger partial charge is 0.348 e. The van der Waals surface area contributed by atoms with Crippen molar-refractivity contribution in [2.75, 3.05) is 0 Å². The van der Waals surface area contributed by atoms with E-state index in [2.05, 4.69) is 48.9 Å². The van der Waals surface area contributed by atoms with E-state index in [9.17, 15) is 0 Å². The van der Waals surface area contributed by atoms with Crippen LogP contribution in [0.25, 0.3) is 0 Å². The second-order valence-corrected chi connectivity index (χ2v) is 4.60. The molecule has 2 nitrogen and oxygen atoms in total. The molecule has 2 rings (SSSR count). The number of H-pyrrole nitrogens is 1. The molecule has 0 radical (unpaired) electrons. The monoisotopic (exact) mass is 214 g/mol. The maximum absolute atomic E-state index is 4.03. The van der Waals surface area contributed by atoms with Crippen LogP contribution in [0.15, 0.2) is 30.7 Å². The molecule has 0 saturated heterocycles. The van der Waals surface area contributed by atoms with Crippen molar-refractivity contribution < 1.29 is 0 Å². The van der Waals surface area contributed by atoms with Gasteiger partial charge in [-0.2, -0.15) is 0 Å². The molecular weight excluding hydrogens is 196 g/mol. The molecule has 0 aliphatic rings. The van der Waals surface area contributed by atoms with Crippen LogP contribution in [0.1, 0.15) is 42.1 Å². The Hall–Kier alpha value is -1.57. The van der Waals surface area contributed by atoms with E-state index < -0.39 is 0 Å². The van der Waals surface area contributed by atoms with Gasteiger partial charge in [-0.25, -0.2) is 4.98 Å². The van der Waals surface area contributed by atoms with Gasteiger partial charge >= 0.3 is 0 Å². The molecule has 1 aromatic carbocycles. The smallest absolute Gasteiger partial charge is 0.0921 e. The van der Waals surface area contributed by atoms with E-state index in [0.717, 1.165) is 12.1 Å². The first-order valence-corrected chi connectivity index (χ1v) is 5.73. The third-order valence-corrected chi connectivity index (χ3v) is 2.91. The molecule has 84 valence electrons. The predicted octanol–water partition coefficient (Wildman–Crippen LogP) is 3.43. The molecule has 0 aliphatic heterocycles. The molecule has 0 amide bonds. The molecule has 0 saturated carbocycles. The summed E-state index contributed by atoms with van der Waals surface area (Å²) in [4.78, 5) is 7.16. The van der Waals surface area contributed by atoms with Crippen LogP contribution in [0.4, 0.5) is 0 Å². The summed E-state index contributed by atoms with van der Waals surface area (Å²) in [5.74, 6) is 0.598. The number of nitrogens with one attached hydrogen (secondary N) is 1. The minimum Gasteiger partial charge on any atom is -0.348 e. The van der Waals surface area contributed by atoms with Gasteiger partial charge in [-0.05, 0) is 29.5 Å². The first-order valence-electron chi connectivity index (χ1n) is 5.73. The number of nitrogens with zero attached hydrogens (tertiary/aromatic N) is 1. The Morgan fingerprint density at radius 3 is 2.69 bits per heavy atom. The van der Waals surface area contributed by atoms with E-state index >= 15 is 0 Å². The lowest BCUT2D eigenvalue weighted by Crippen LogP contribution is -1.95. The Morgan fingerprint density at radius 1 is 1.31 bits per heavy atom. The standard InChI is InChI=1S/C14H18N2/c1-10(2)14-5-4-12(6-11(14)3)7-13-8-15-9-16-13/h4-6,8-10H,7H2,1-3H3,(H,15,16). The van der Waals surface area contributed by atoms with Crippen molar-refractivity contribution in [1.82, 2.24) is 9.97 Å². The number of hydrogen-bond acceptors (Lipinski definition) is 1. The molecule has 1 aromatic heterocycles. The summed E-state index contributed by atoms with van der Waals surface area (Å²) < 4.78 is 0. The molecule has 0 atom stereocenters. The summed E-state index contributed by atoms with van der Waals surface area (Å²) >= 11 is 0. The zero-order chi connectivity index (χ0) is 11.5. The highest BCUT2D eigenvalue weighted by atomic mass is 14.9. The van der Waals surface area contributed by atoms with E-state index in [1.807, 2.05) is 6.20 Å². The molecule has 0 aliphatic carbocycles. The van der Waals surface area contributed by atoms with Crippen LogP contribution in [0.5, 0.6) is 0 Å². The molecule has 0 fully saturated rings. The van der Waals surface area contributed by atoms with Gasteiger partial charge in [0.25, 0.3) is 0 Å². The van der Waals surface area contributed by atoms with Gasteiger partial charge in [-0.3, -0.25) is 0 Å². The molecule has 1 heterocycles. The maximum atomic E-state index is 4.03. The van der Waals surface area contributed by atoms with Gasteiger partial charge < -0.3 is 4.98 Å². The third kappa shape index (κ3) is 2.32. The van der Waals surface area contributed by atoms with Crippen molar-refractivity contribution >= 4 is 0 Å². The minimum atomic E-state index is 0.598. The average Bonchev–Trinajstić information content (AvgIpc) is 2.70. The van der Waals surface area contributed by atoms with E-state index in [0.29, 0.717) is 5.92 Å². The molecule has 1 N–H and O–H groups in total. The van der Waals surface area contributed by atoms with E-state index in [1.54, 1.807) is 6.33 Å². The quantitative estimate of drug-likeness (QED) is 0.833. The van der Waals surface area contributed by atoms with Crippen LogP contribution in [-0.2, 0) is 6.42 Å². The molecule has 2 heteroatoms. The van der Waals surface area contributed by atoms with Crippen molar-refractivity contribution in [2.24, 2.45) is 0 Å². The van der Waals surface area contributed by atoms with Crippen molar-refractivity contribution in [2.45, 2.75) is 33.1 Å². The normalized spacial score (nSPS) is 11.0. The zero-order valence-corrected chi connectivity index (χ0v) is 10.1. The van der Waals surface area contributed by atoms with Crippen LogP contribution in [-0.4, -0.2) is 9.97 Å². The van der Waals surface area contributed by atoms with Crippen LogP contribution in [0, 0.1) is 6.92 Å². The molecule has 0 unspecified atom stereocenters. The number of aromatic nitrogens is 2. The summed E-state index contributed by atoms with van der Waals surface area (Å²) in [6.45, 7) is 6.65. The van der Waals surface area contributed by atoms with Gasteiger partial charge in [0.15, 0.2) is 0 Å².